The Balaban J connectivity index is 1.23. The van der Waals surface area contributed by atoms with E-state index in [1.807, 2.05) is 0 Å². The molecule has 2 aliphatic heterocycles. The SMILES string of the molecule is CN1C=CN(C(I)CCCCCCCCCCCCCCCCCCC(I)N2C=CN(C)C2)C1. The maximum Gasteiger partial charge on any atom is 0.0900 e. The van der Waals surface area contributed by atoms with Crippen molar-refractivity contribution in [2.24, 2.45) is 0 Å². The van der Waals surface area contributed by atoms with Crippen molar-refractivity contribution < 1.29 is 0 Å². The van der Waals surface area contributed by atoms with Crippen LogP contribution in [0.15, 0.2) is 24.8 Å². The zero-order chi connectivity index (χ0) is 24.4. The molecular formula is C28H52I2N4. The van der Waals surface area contributed by atoms with Crippen molar-refractivity contribution in [1.29, 1.82) is 0 Å². The van der Waals surface area contributed by atoms with Gasteiger partial charge in [-0.15, -0.1) is 0 Å². The van der Waals surface area contributed by atoms with Crippen LogP contribution in [0, 0.1) is 0 Å². The third kappa shape index (κ3) is 14.0. The zero-order valence-corrected chi connectivity index (χ0v) is 26.5. The second-order valence-corrected chi connectivity index (χ2v) is 13.4. The van der Waals surface area contributed by atoms with Gasteiger partial charge in [0.1, 0.15) is 0 Å². The summed E-state index contributed by atoms with van der Waals surface area (Å²) >= 11 is 5.22. The van der Waals surface area contributed by atoms with Crippen molar-refractivity contribution in [2.75, 3.05) is 27.4 Å². The van der Waals surface area contributed by atoms with Crippen molar-refractivity contribution in [3.63, 3.8) is 0 Å². The van der Waals surface area contributed by atoms with E-state index in [4.69, 9.17) is 0 Å². The monoisotopic (exact) mass is 698 g/mol. The molecule has 198 valence electrons. The highest BCUT2D eigenvalue weighted by Gasteiger charge is 2.16. The Morgan fingerprint density at radius 1 is 0.471 bits per heavy atom. The molecular weight excluding hydrogens is 646 g/mol. The van der Waals surface area contributed by atoms with Gasteiger partial charge in [-0.25, -0.2) is 0 Å². The van der Waals surface area contributed by atoms with Gasteiger partial charge in [0.25, 0.3) is 0 Å². The molecule has 2 aliphatic rings. The summed E-state index contributed by atoms with van der Waals surface area (Å²) in [6.45, 7) is 2.12. The predicted octanol–water partition coefficient (Wildman–Crippen LogP) is 8.88. The van der Waals surface area contributed by atoms with Gasteiger partial charge in [-0.3, -0.25) is 0 Å². The zero-order valence-electron chi connectivity index (χ0n) is 22.2. The molecule has 6 heteroatoms. The Morgan fingerprint density at radius 2 is 0.735 bits per heavy atom. The normalized spacial score (nSPS) is 17.4. The predicted molar refractivity (Wildman–Crippen MR) is 166 cm³/mol. The molecule has 0 N–H and O–H groups in total. The van der Waals surface area contributed by atoms with Crippen molar-refractivity contribution in [2.45, 2.75) is 124 Å². The molecule has 4 nitrogen and oxygen atoms in total. The molecule has 0 saturated carbocycles. The Morgan fingerprint density at radius 3 is 0.971 bits per heavy atom. The minimum Gasteiger partial charge on any atom is -0.362 e. The van der Waals surface area contributed by atoms with Crippen LogP contribution in [0.4, 0.5) is 0 Å². The lowest BCUT2D eigenvalue weighted by molar-refractivity contribution is 0.280. The summed E-state index contributed by atoms with van der Waals surface area (Å²) in [5.41, 5.74) is 0. The third-order valence-corrected chi connectivity index (χ3v) is 9.83. The first kappa shape index (κ1) is 30.4. The summed E-state index contributed by atoms with van der Waals surface area (Å²) in [4.78, 5) is 9.41. The maximum atomic E-state index is 2.61. The molecule has 0 aliphatic carbocycles. The topological polar surface area (TPSA) is 13.0 Å². The van der Waals surface area contributed by atoms with Crippen LogP contribution in [0.25, 0.3) is 0 Å². The first-order valence-electron chi connectivity index (χ1n) is 14.1. The van der Waals surface area contributed by atoms with Gasteiger partial charge in [-0.2, -0.15) is 0 Å². The van der Waals surface area contributed by atoms with Gasteiger partial charge in [-0.05, 0) is 12.8 Å². The molecule has 2 unspecified atom stereocenters. The molecule has 0 saturated heterocycles. The number of hydrogen-bond donors (Lipinski definition) is 0. The fourth-order valence-electron chi connectivity index (χ4n) is 4.90. The van der Waals surface area contributed by atoms with Crippen LogP contribution in [0.5, 0.6) is 0 Å². The van der Waals surface area contributed by atoms with Crippen LogP contribution in [-0.4, -0.2) is 55.1 Å². The lowest BCUT2D eigenvalue weighted by Crippen LogP contribution is -2.28. The van der Waals surface area contributed by atoms with E-state index in [0.717, 1.165) is 13.3 Å². The molecule has 2 heterocycles. The Kier molecular flexibility index (Phi) is 17.2. The number of alkyl halides is 2. The van der Waals surface area contributed by atoms with Gasteiger partial charge in [0.15, 0.2) is 0 Å². The minimum absolute atomic E-state index is 0.660. The first-order valence-corrected chi connectivity index (χ1v) is 16.6. The molecule has 2 rings (SSSR count). The molecule has 0 bridgehead atoms. The summed E-state index contributed by atoms with van der Waals surface area (Å²) in [7, 11) is 4.30. The molecule has 0 radical (unpaired) electrons. The van der Waals surface area contributed by atoms with Crippen LogP contribution in [0.2, 0.25) is 0 Å². The molecule has 0 fully saturated rings. The fraction of sp³-hybridized carbons (Fsp3) is 0.857. The Hall–Kier alpha value is 0.140. The lowest BCUT2D eigenvalue weighted by Gasteiger charge is -2.24. The average Bonchev–Trinajstić information content (AvgIpc) is 3.46. The van der Waals surface area contributed by atoms with Crippen LogP contribution >= 0.6 is 45.2 Å². The van der Waals surface area contributed by atoms with Gasteiger partial charge in [0.2, 0.25) is 0 Å². The summed E-state index contributed by atoms with van der Waals surface area (Å²) in [5, 5.41) is 0. The number of nitrogens with zero attached hydrogens (tertiary/aromatic N) is 4. The molecule has 0 amide bonds. The third-order valence-electron chi connectivity index (χ3n) is 7.15. The number of halogens is 2. The smallest absolute Gasteiger partial charge is 0.0900 e. The fourth-order valence-corrected chi connectivity index (χ4v) is 6.50. The van der Waals surface area contributed by atoms with E-state index in [-0.39, 0.29) is 0 Å². The molecule has 34 heavy (non-hydrogen) atoms. The minimum atomic E-state index is 0.660. The summed E-state index contributed by atoms with van der Waals surface area (Å²) in [5.74, 6) is 0. The van der Waals surface area contributed by atoms with Crippen LogP contribution < -0.4 is 0 Å². The molecule has 0 aromatic heterocycles. The molecule has 0 aromatic carbocycles. The Labute approximate surface area is 239 Å². The second kappa shape index (κ2) is 19.3. The van der Waals surface area contributed by atoms with Gasteiger partial charge in [0.05, 0.1) is 21.4 Å². The summed E-state index contributed by atoms with van der Waals surface area (Å²) in [6.07, 6.45) is 34.5. The first-order chi connectivity index (χ1) is 16.6. The lowest BCUT2D eigenvalue weighted by atomic mass is 10.0. The van der Waals surface area contributed by atoms with E-state index in [1.165, 1.54) is 116 Å². The number of hydrogen-bond acceptors (Lipinski definition) is 4. The van der Waals surface area contributed by atoms with Gasteiger partial charge >= 0.3 is 0 Å². The highest BCUT2D eigenvalue weighted by molar-refractivity contribution is 14.1. The average molecular weight is 699 g/mol. The maximum absolute atomic E-state index is 2.61. The van der Waals surface area contributed by atoms with Crippen molar-refractivity contribution >= 4 is 45.2 Å². The Bertz CT molecular complexity index is 509. The van der Waals surface area contributed by atoms with E-state index >= 15 is 0 Å². The van der Waals surface area contributed by atoms with Crippen LogP contribution in [0.3, 0.4) is 0 Å². The van der Waals surface area contributed by atoms with Crippen LogP contribution in [-0.2, 0) is 0 Å². The number of rotatable bonds is 21. The molecule has 0 spiro atoms. The largest absolute Gasteiger partial charge is 0.362 e. The molecule has 0 aromatic rings. The van der Waals surface area contributed by atoms with Crippen molar-refractivity contribution in [1.82, 2.24) is 19.6 Å². The van der Waals surface area contributed by atoms with Gasteiger partial charge in [0, 0.05) is 38.9 Å². The van der Waals surface area contributed by atoms with Crippen molar-refractivity contribution in [3.8, 4) is 0 Å². The summed E-state index contributed by atoms with van der Waals surface area (Å²) < 4.78 is 1.32. The van der Waals surface area contributed by atoms with Gasteiger partial charge in [-0.1, -0.05) is 148 Å². The molecule has 2 atom stereocenters. The quantitative estimate of drug-likeness (QED) is 0.0514. The second-order valence-electron chi connectivity index (χ2n) is 10.5. The van der Waals surface area contributed by atoms with E-state index in [9.17, 15) is 0 Å². The summed E-state index contributed by atoms with van der Waals surface area (Å²) in [6, 6.07) is 0. The van der Waals surface area contributed by atoms with E-state index < -0.39 is 0 Å². The van der Waals surface area contributed by atoms with Crippen LogP contribution in [0.1, 0.15) is 116 Å². The van der Waals surface area contributed by atoms with E-state index in [0.29, 0.717) is 8.10 Å². The highest BCUT2D eigenvalue weighted by atomic mass is 127. The van der Waals surface area contributed by atoms with Crippen molar-refractivity contribution in [3.05, 3.63) is 24.8 Å². The standard InChI is InChI=1S/C28H52I2N4/c1-31-21-23-33(25-31)27(29)19-17-15-13-11-9-7-5-3-4-6-8-10-12-14-16-18-20-28(30)34-24-22-32(2)26-34/h21-24,27-28H,3-20,25-26H2,1-2H3. The van der Waals surface area contributed by atoms with Gasteiger partial charge < -0.3 is 19.6 Å². The number of unbranched alkanes of at least 4 members (excludes halogenated alkanes) is 15. The van der Waals surface area contributed by atoms with E-state index in [2.05, 4.69) is 104 Å². The van der Waals surface area contributed by atoms with E-state index in [1.54, 1.807) is 0 Å². The highest BCUT2D eigenvalue weighted by Crippen LogP contribution is 2.22.